The molecule has 0 aromatic carbocycles. The highest BCUT2D eigenvalue weighted by atomic mass is 19.3. The summed E-state index contributed by atoms with van der Waals surface area (Å²) in [6, 6.07) is 2.06. The first-order chi connectivity index (χ1) is 6.35. The number of nitrogens with two attached hydrogens (primary N) is 1. The van der Waals surface area contributed by atoms with Gasteiger partial charge in [-0.1, -0.05) is 0 Å². The van der Waals surface area contributed by atoms with E-state index in [1.807, 2.05) is 0 Å². The number of hydrogen-bond acceptors (Lipinski definition) is 4. The zero-order chi connectivity index (χ0) is 10.9. The van der Waals surface area contributed by atoms with Gasteiger partial charge in [-0.05, 0) is 13.0 Å². The zero-order valence-corrected chi connectivity index (χ0v) is 7.24. The summed E-state index contributed by atoms with van der Waals surface area (Å²) in [5.41, 5.74) is 3.22. The third kappa shape index (κ3) is 1.72. The van der Waals surface area contributed by atoms with E-state index in [4.69, 9.17) is 5.73 Å². The summed E-state index contributed by atoms with van der Waals surface area (Å²) in [6.45, 7) is 1.04. The summed E-state index contributed by atoms with van der Waals surface area (Å²) in [4.78, 5) is 9.38. The molecule has 1 aromatic heterocycles. The SMILES string of the molecule is CC(N)(c1ccc([N+](=O)[O-])o1)C(F)F. The van der Waals surface area contributed by atoms with Crippen LogP contribution in [-0.2, 0) is 5.54 Å². The van der Waals surface area contributed by atoms with Crippen LogP contribution in [0.1, 0.15) is 12.7 Å². The molecule has 0 aliphatic heterocycles. The van der Waals surface area contributed by atoms with Crippen molar-refractivity contribution in [1.82, 2.24) is 0 Å². The number of furan rings is 1. The minimum absolute atomic E-state index is 0.306. The third-order valence-electron chi connectivity index (χ3n) is 1.76. The Morgan fingerprint density at radius 2 is 2.21 bits per heavy atom. The fourth-order valence-corrected chi connectivity index (χ4v) is 0.823. The number of nitro groups is 1. The molecule has 0 amide bonds. The Balaban J connectivity index is 3.02. The molecule has 0 saturated heterocycles. The summed E-state index contributed by atoms with van der Waals surface area (Å²) in [6.07, 6.45) is -2.85. The predicted octanol–water partition coefficient (Wildman–Crippen LogP) is 1.63. The summed E-state index contributed by atoms with van der Waals surface area (Å²) in [7, 11) is 0. The highest BCUT2D eigenvalue weighted by Gasteiger charge is 2.36. The van der Waals surface area contributed by atoms with Gasteiger partial charge in [0.1, 0.15) is 16.2 Å². The van der Waals surface area contributed by atoms with E-state index in [1.165, 1.54) is 0 Å². The van der Waals surface area contributed by atoms with Gasteiger partial charge in [-0.2, -0.15) is 0 Å². The maximum absolute atomic E-state index is 12.4. The lowest BCUT2D eigenvalue weighted by atomic mass is 10.0. The normalized spacial score (nSPS) is 15.5. The van der Waals surface area contributed by atoms with Gasteiger partial charge in [-0.3, -0.25) is 10.1 Å². The van der Waals surface area contributed by atoms with Gasteiger partial charge in [-0.15, -0.1) is 0 Å². The van der Waals surface area contributed by atoms with Crippen molar-refractivity contribution in [3.05, 3.63) is 28.0 Å². The number of nitrogens with zero attached hydrogens (tertiary/aromatic N) is 1. The number of alkyl halides is 2. The van der Waals surface area contributed by atoms with Gasteiger partial charge in [0.2, 0.25) is 0 Å². The molecule has 1 unspecified atom stereocenters. The standard InChI is InChI=1S/C7H8F2N2O3/c1-7(10,6(8)9)4-2-3-5(14-4)11(12)13/h2-3,6H,10H2,1H3. The Morgan fingerprint density at radius 3 is 2.57 bits per heavy atom. The molecule has 0 fully saturated rings. The van der Waals surface area contributed by atoms with Crippen LogP contribution >= 0.6 is 0 Å². The van der Waals surface area contributed by atoms with Crippen molar-refractivity contribution in [3.63, 3.8) is 0 Å². The van der Waals surface area contributed by atoms with Crippen LogP contribution in [0.2, 0.25) is 0 Å². The first-order valence-corrected chi connectivity index (χ1v) is 3.67. The summed E-state index contributed by atoms with van der Waals surface area (Å²) >= 11 is 0. The molecule has 5 nitrogen and oxygen atoms in total. The first kappa shape index (κ1) is 10.6. The lowest BCUT2D eigenvalue weighted by Crippen LogP contribution is -2.40. The topological polar surface area (TPSA) is 82.3 Å². The molecule has 0 radical (unpaired) electrons. The molecule has 0 bridgehead atoms. The van der Waals surface area contributed by atoms with Crippen molar-refractivity contribution < 1.29 is 18.1 Å². The molecule has 0 saturated carbocycles. The van der Waals surface area contributed by atoms with E-state index in [-0.39, 0.29) is 5.76 Å². The minimum atomic E-state index is -2.85. The number of rotatable bonds is 3. The van der Waals surface area contributed by atoms with Crippen LogP contribution in [0.25, 0.3) is 0 Å². The third-order valence-corrected chi connectivity index (χ3v) is 1.76. The molecule has 1 heterocycles. The molecule has 0 aliphatic rings. The van der Waals surface area contributed by atoms with E-state index in [0.29, 0.717) is 0 Å². The molecular weight excluding hydrogens is 198 g/mol. The van der Waals surface area contributed by atoms with Crippen molar-refractivity contribution in [3.8, 4) is 0 Å². The largest absolute Gasteiger partial charge is 0.433 e. The van der Waals surface area contributed by atoms with Crippen molar-refractivity contribution in [2.75, 3.05) is 0 Å². The molecule has 1 rings (SSSR count). The van der Waals surface area contributed by atoms with Crippen molar-refractivity contribution >= 4 is 5.88 Å². The second-order valence-corrected chi connectivity index (χ2v) is 2.98. The van der Waals surface area contributed by atoms with E-state index in [1.54, 1.807) is 0 Å². The second kappa shape index (κ2) is 3.33. The summed E-state index contributed by atoms with van der Waals surface area (Å²) in [5.74, 6) is -0.906. The van der Waals surface area contributed by atoms with Gasteiger partial charge in [-0.25, -0.2) is 8.78 Å². The molecule has 7 heteroatoms. The predicted molar refractivity (Wildman–Crippen MR) is 42.9 cm³/mol. The van der Waals surface area contributed by atoms with Crippen LogP contribution in [0, 0.1) is 10.1 Å². The monoisotopic (exact) mass is 206 g/mol. The summed E-state index contributed by atoms with van der Waals surface area (Å²) in [5, 5.41) is 10.2. The molecular formula is C7H8F2N2O3. The van der Waals surface area contributed by atoms with Crippen LogP contribution in [0.4, 0.5) is 14.7 Å². The highest BCUT2D eigenvalue weighted by Crippen LogP contribution is 2.29. The average molecular weight is 206 g/mol. The van der Waals surface area contributed by atoms with Crippen molar-refractivity contribution in [2.24, 2.45) is 5.73 Å². The van der Waals surface area contributed by atoms with Crippen LogP contribution in [0.5, 0.6) is 0 Å². The molecule has 1 aromatic rings. The fraction of sp³-hybridized carbons (Fsp3) is 0.429. The molecule has 1 atom stereocenters. The molecule has 0 aliphatic carbocycles. The van der Waals surface area contributed by atoms with Gasteiger partial charge in [0, 0.05) is 0 Å². The molecule has 78 valence electrons. The lowest BCUT2D eigenvalue weighted by Gasteiger charge is -2.19. The van der Waals surface area contributed by atoms with Gasteiger partial charge in [0.25, 0.3) is 6.43 Å². The Morgan fingerprint density at radius 1 is 1.64 bits per heavy atom. The first-order valence-electron chi connectivity index (χ1n) is 3.67. The van der Waals surface area contributed by atoms with Crippen molar-refractivity contribution in [2.45, 2.75) is 18.9 Å². The van der Waals surface area contributed by atoms with Gasteiger partial charge < -0.3 is 10.2 Å². The maximum atomic E-state index is 12.4. The summed E-state index contributed by atoms with van der Waals surface area (Å²) < 4.78 is 29.3. The van der Waals surface area contributed by atoms with Crippen LogP contribution in [-0.4, -0.2) is 11.3 Å². The van der Waals surface area contributed by atoms with Gasteiger partial charge in [0.15, 0.2) is 0 Å². The minimum Gasteiger partial charge on any atom is -0.404 e. The van der Waals surface area contributed by atoms with Crippen LogP contribution in [0.3, 0.4) is 0 Å². The molecule has 14 heavy (non-hydrogen) atoms. The van der Waals surface area contributed by atoms with Crippen LogP contribution in [0.15, 0.2) is 16.5 Å². The lowest BCUT2D eigenvalue weighted by molar-refractivity contribution is -0.402. The van der Waals surface area contributed by atoms with Crippen LogP contribution < -0.4 is 5.73 Å². The van der Waals surface area contributed by atoms with E-state index in [0.717, 1.165) is 19.1 Å². The van der Waals surface area contributed by atoms with E-state index in [2.05, 4.69) is 4.42 Å². The Hall–Kier alpha value is -1.50. The molecule has 0 spiro atoms. The number of hydrogen-bond donors (Lipinski definition) is 1. The Kier molecular flexibility index (Phi) is 2.52. The second-order valence-electron chi connectivity index (χ2n) is 2.98. The molecule has 2 N–H and O–H groups in total. The maximum Gasteiger partial charge on any atom is 0.433 e. The zero-order valence-electron chi connectivity index (χ0n) is 7.24. The van der Waals surface area contributed by atoms with E-state index >= 15 is 0 Å². The van der Waals surface area contributed by atoms with E-state index < -0.39 is 22.8 Å². The Bertz CT molecular complexity index is 348. The quantitative estimate of drug-likeness (QED) is 0.601. The van der Waals surface area contributed by atoms with E-state index in [9.17, 15) is 18.9 Å². The Labute approximate surface area is 77.6 Å². The van der Waals surface area contributed by atoms with Crippen molar-refractivity contribution in [1.29, 1.82) is 0 Å². The highest BCUT2D eigenvalue weighted by molar-refractivity contribution is 5.22. The number of halogens is 2. The average Bonchev–Trinajstić information content (AvgIpc) is 2.51. The smallest absolute Gasteiger partial charge is 0.404 e. The van der Waals surface area contributed by atoms with Gasteiger partial charge in [0.05, 0.1) is 6.07 Å². The van der Waals surface area contributed by atoms with Gasteiger partial charge >= 0.3 is 5.88 Å². The fourth-order valence-electron chi connectivity index (χ4n) is 0.823.